The number of carbonyl (C=O) groups is 1. The van der Waals surface area contributed by atoms with Gasteiger partial charge in [-0.25, -0.2) is 9.97 Å². The van der Waals surface area contributed by atoms with E-state index in [0.29, 0.717) is 29.1 Å². The topological polar surface area (TPSA) is 77.3 Å². The van der Waals surface area contributed by atoms with Gasteiger partial charge in [0, 0.05) is 11.5 Å². The van der Waals surface area contributed by atoms with Gasteiger partial charge in [-0.15, -0.1) is 11.3 Å². The number of ether oxygens (including phenoxy) is 1. The molecule has 0 unspecified atom stereocenters. The van der Waals surface area contributed by atoms with Gasteiger partial charge in [0.05, 0.1) is 5.69 Å². The summed E-state index contributed by atoms with van der Waals surface area (Å²) in [5, 5.41) is 3.54. The fourth-order valence-corrected chi connectivity index (χ4v) is 5.12. The van der Waals surface area contributed by atoms with E-state index in [4.69, 9.17) is 9.15 Å². The molecule has 2 aromatic heterocycles. The van der Waals surface area contributed by atoms with Crippen LogP contribution in [0.5, 0.6) is 0 Å². The summed E-state index contributed by atoms with van der Waals surface area (Å²) in [7, 11) is 0. The standard InChI is InChI=1S/C21H21N3O3S/c25-20(18-19(27-12-22-18)16-7-4-10-26-16)24-21-23-15-9-8-14(11-17(15)28-21)13-5-2-1-3-6-13/h1-3,5-6,12,14,16H,4,7-11H2,(H,23,24,25)/t14-,16-/m1/s1. The van der Waals surface area contributed by atoms with Crippen molar-refractivity contribution < 1.29 is 13.9 Å². The smallest absolute Gasteiger partial charge is 0.279 e. The molecule has 1 aliphatic heterocycles. The van der Waals surface area contributed by atoms with Gasteiger partial charge in [-0.2, -0.15) is 0 Å². The summed E-state index contributed by atoms with van der Waals surface area (Å²) in [6, 6.07) is 10.6. The van der Waals surface area contributed by atoms with Crippen molar-refractivity contribution in [2.75, 3.05) is 11.9 Å². The van der Waals surface area contributed by atoms with Crippen molar-refractivity contribution in [2.45, 2.75) is 44.1 Å². The number of nitrogens with one attached hydrogen (secondary N) is 1. The predicted molar refractivity (Wildman–Crippen MR) is 106 cm³/mol. The lowest BCUT2D eigenvalue weighted by Crippen LogP contribution is -2.15. The summed E-state index contributed by atoms with van der Waals surface area (Å²) in [4.78, 5) is 22.7. The van der Waals surface area contributed by atoms with Gasteiger partial charge >= 0.3 is 0 Å². The maximum atomic E-state index is 12.7. The molecule has 7 heteroatoms. The Kier molecular flexibility index (Phi) is 4.70. The van der Waals surface area contributed by atoms with Crippen LogP contribution in [0.1, 0.15) is 63.7 Å². The van der Waals surface area contributed by atoms with Crippen molar-refractivity contribution in [1.29, 1.82) is 0 Å². The lowest BCUT2D eigenvalue weighted by atomic mass is 9.85. The minimum atomic E-state index is -0.287. The van der Waals surface area contributed by atoms with E-state index >= 15 is 0 Å². The molecule has 3 heterocycles. The van der Waals surface area contributed by atoms with E-state index in [1.54, 1.807) is 11.3 Å². The molecule has 1 amide bonds. The zero-order valence-electron chi connectivity index (χ0n) is 15.4. The van der Waals surface area contributed by atoms with E-state index in [1.165, 1.54) is 16.8 Å². The molecule has 2 aliphatic rings. The van der Waals surface area contributed by atoms with Gasteiger partial charge in [0.25, 0.3) is 5.91 Å². The van der Waals surface area contributed by atoms with Crippen LogP contribution in [0, 0.1) is 0 Å². The first-order valence-corrected chi connectivity index (χ1v) is 10.5. The molecule has 6 nitrogen and oxygen atoms in total. The van der Waals surface area contributed by atoms with E-state index in [9.17, 15) is 4.79 Å². The number of aryl methyl sites for hydroxylation is 1. The van der Waals surface area contributed by atoms with Gasteiger partial charge < -0.3 is 9.15 Å². The first-order valence-electron chi connectivity index (χ1n) is 9.68. The van der Waals surface area contributed by atoms with Crippen LogP contribution in [0.15, 0.2) is 41.1 Å². The summed E-state index contributed by atoms with van der Waals surface area (Å²) < 4.78 is 11.1. The molecular formula is C21H21N3O3S. The first-order chi connectivity index (χ1) is 13.8. The van der Waals surface area contributed by atoms with Crippen molar-refractivity contribution in [2.24, 2.45) is 0 Å². The van der Waals surface area contributed by atoms with E-state index in [0.717, 1.165) is 37.8 Å². The Bertz CT molecular complexity index is 976. The molecule has 1 aromatic carbocycles. The lowest BCUT2D eigenvalue weighted by Gasteiger charge is -2.21. The minimum absolute atomic E-state index is 0.181. The van der Waals surface area contributed by atoms with Crippen LogP contribution < -0.4 is 5.32 Å². The zero-order chi connectivity index (χ0) is 18.9. The van der Waals surface area contributed by atoms with E-state index in [-0.39, 0.29) is 12.0 Å². The van der Waals surface area contributed by atoms with Gasteiger partial charge in [-0.05, 0) is 43.6 Å². The number of hydrogen-bond acceptors (Lipinski definition) is 6. The predicted octanol–water partition coefficient (Wildman–Crippen LogP) is 4.51. The van der Waals surface area contributed by atoms with Crippen LogP contribution in [0.25, 0.3) is 0 Å². The number of anilines is 1. The Morgan fingerprint density at radius 3 is 2.93 bits per heavy atom. The SMILES string of the molecule is O=C(Nc1nc2c(s1)C[C@H](c1ccccc1)CC2)c1ncoc1[C@H]1CCCO1. The highest BCUT2D eigenvalue weighted by atomic mass is 32.1. The van der Waals surface area contributed by atoms with Crippen LogP contribution in [0.4, 0.5) is 5.13 Å². The molecule has 0 saturated carbocycles. The lowest BCUT2D eigenvalue weighted by molar-refractivity contribution is 0.0889. The van der Waals surface area contributed by atoms with E-state index in [1.807, 2.05) is 6.07 Å². The number of thiazole rings is 1. The number of benzene rings is 1. The quantitative estimate of drug-likeness (QED) is 0.703. The maximum absolute atomic E-state index is 12.7. The first kappa shape index (κ1) is 17.6. The van der Waals surface area contributed by atoms with Gasteiger partial charge in [-0.3, -0.25) is 10.1 Å². The number of hydrogen-bond donors (Lipinski definition) is 1. The second-order valence-electron chi connectivity index (χ2n) is 7.26. The van der Waals surface area contributed by atoms with Crippen LogP contribution >= 0.6 is 11.3 Å². The molecule has 3 aromatic rings. The van der Waals surface area contributed by atoms with Crippen molar-refractivity contribution in [3.8, 4) is 0 Å². The van der Waals surface area contributed by atoms with Crippen molar-refractivity contribution in [3.63, 3.8) is 0 Å². The van der Waals surface area contributed by atoms with Crippen LogP contribution in [0.2, 0.25) is 0 Å². The third kappa shape index (κ3) is 3.36. The second kappa shape index (κ2) is 7.48. The number of aromatic nitrogens is 2. The Morgan fingerprint density at radius 2 is 2.11 bits per heavy atom. The third-order valence-electron chi connectivity index (χ3n) is 5.46. The third-order valence-corrected chi connectivity index (χ3v) is 6.50. The summed E-state index contributed by atoms with van der Waals surface area (Å²) >= 11 is 1.56. The number of carbonyl (C=O) groups excluding carboxylic acids is 1. The Morgan fingerprint density at radius 1 is 1.21 bits per heavy atom. The molecule has 0 radical (unpaired) electrons. The summed E-state index contributed by atoms with van der Waals surface area (Å²) in [5.41, 5.74) is 2.77. The molecule has 1 fully saturated rings. The normalized spacial score (nSPS) is 21.4. The largest absolute Gasteiger partial charge is 0.445 e. The molecule has 28 heavy (non-hydrogen) atoms. The molecule has 144 valence electrons. The summed E-state index contributed by atoms with van der Waals surface area (Å²) in [6.45, 7) is 0.689. The van der Waals surface area contributed by atoms with Gasteiger partial charge in [0.15, 0.2) is 23.0 Å². The number of fused-ring (bicyclic) bond motifs is 1. The fourth-order valence-electron chi connectivity index (χ4n) is 4.03. The Balaban J connectivity index is 1.31. The molecule has 1 N–H and O–H groups in total. The molecule has 1 saturated heterocycles. The van der Waals surface area contributed by atoms with Gasteiger partial charge in [0.2, 0.25) is 0 Å². The molecule has 0 spiro atoms. The minimum Gasteiger partial charge on any atom is -0.445 e. The van der Waals surface area contributed by atoms with Crippen molar-refractivity contribution in [3.05, 3.63) is 64.3 Å². The highest BCUT2D eigenvalue weighted by molar-refractivity contribution is 7.15. The zero-order valence-corrected chi connectivity index (χ0v) is 16.2. The monoisotopic (exact) mass is 395 g/mol. The molecule has 5 rings (SSSR count). The fraction of sp³-hybridized carbons (Fsp3) is 0.381. The maximum Gasteiger partial charge on any atom is 0.279 e. The van der Waals surface area contributed by atoms with Crippen molar-refractivity contribution >= 4 is 22.4 Å². The molecule has 1 aliphatic carbocycles. The molecule has 2 atom stereocenters. The number of rotatable bonds is 4. The Hall–Kier alpha value is -2.51. The van der Waals surface area contributed by atoms with Crippen LogP contribution in [-0.2, 0) is 17.6 Å². The average molecular weight is 395 g/mol. The number of amides is 1. The highest BCUT2D eigenvalue weighted by Crippen LogP contribution is 2.37. The molecule has 0 bridgehead atoms. The van der Waals surface area contributed by atoms with Crippen LogP contribution in [-0.4, -0.2) is 22.5 Å². The summed E-state index contributed by atoms with van der Waals surface area (Å²) in [5.74, 6) is 0.741. The van der Waals surface area contributed by atoms with Gasteiger partial charge in [-0.1, -0.05) is 30.3 Å². The van der Waals surface area contributed by atoms with Gasteiger partial charge in [0.1, 0.15) is 6.10 Å². The van der Waals surface area contributed by atoms with E-state index in [2.05, 4.69) is 39.6 Å². The second-order valence-corrected chi connectivity index (χ2v) is 8.34. The number of oxazole rings is 1. The van der Waals surface area contributed by atoms with Crippen LogP contribution in [0.3, 0.4) is 0 Å². The van der Waals surface area contributed by atoms with Crippen molar-refractivity contribution in [1.82, 2.24) is 9.97 Å². The summed E-state index contributed by atoms with van der Waals surface area (Å²) in [6.07, 6.45) is 5.93. The number of nitrogens with zero attached hydrogens (tertiary/aromatic N) is 2. The average Bonchev–Trinajstić information content (AvgIpc) is 3.47. The highest BCUT2D eigenvalue weighted by Gasteiger charge is 2.29. The van der Waals surface area contributed by atoms with E-state index < -0.39 is 0 Å². The Labute approximate surface area is 167 Å². The molecular weight excluding hydrogens is 374 g/mol.